The van der Waals surface area contributed by atoms with Crippen LogP contribution in [-0.4, -0.2) is 19.2 Å². The highest BCUT2D eigenvalue weighted by molar-refractivity contribution is 14.1. The van der Waals surface area contributed by atoms with Crippen molar-refractivity contribution in [1.29, 1.82) is 5.41 Å². The zero-order valence-corrected chi connectivity index (χ0v) is 7.23. The van der Waals surface area contributed by atoms with E-state index in [-0.39, 0.29) is 6.54 Å². The van der Waals surface area contributed by atoms with Gasteiger partial charge < -0.3 is 10.7 Å². The zero-order chi connectivity index (χ0) is 7.98. The summed E-state index contributed by atoms with van der Waals surface area (Å²) in [4.78, 5) is 0. The number of alkyl halides is 2. The Hall–Kier alpha value is -0.200. The predicted octanol–water partition coefficient (Wildman–Crippen LogP) is 1.77. The van der Waals surface area contributed by atoms with E-state index in [9.17, 15) is 8.78 Å². The highest BCUT2D eigenvalue weighted by atomic mass is 127. The molecule has 0 aromatic rings. The molecule has 0 aliphatic rings. The molecule has 0 amide bonds. The second kappa shape index (κ2) is 5.57. The lowest BCUT2D eigenvalue weighted by Gasteiger charge is -1.97. The molecule has 58 valence electrons. The van der Waals surface area contributed by atoms with Crippen molar-refractivity contribution < 1.29 is 8.78 Å². The van der Waals surface area contributed by atoms with E-state index in [4.69, 9.17) is 5.41 Å². The molecule has 0 spiro atoms. The summed E-state index contributed by atoms with van der Waals surface area (Å²) in [7, 11) is 0. The summed E-state index contributed by atoms with van der Waals surface area (Å²) in [5.74, 6) is 0. The van der Waals surface area contributed by atoms with Crippen LogP contribution in [0.3, 0.4) is 0 Å². The van der Waals surface area contributed by atoms with E-state index in [1.807, 2.05) is 22.6 Å². The SMILES string of the molecule is N=C/C(I)=C\NCC(F)F. The molecule has 0 atom stereocenters. The number of hydrogen-bond acceptors (Lipinski definition) is 2. The molecule has 0 saturated carbocycles. The summed E-state index contributed by atoms with van der Waals surface area (Å²) >= 11 is 1.86. The third-order valence-electron chi connectivity index (χ3n) is 0.650. The Kier molecular flexibility index (Phi) is 5.46. The van der Waals surface area contributed by atoms with Crippen LogP contribution in [0.5, 0.6) is 0 Å². The molecule has 0 aromatic heterocycles. The van der Waals surface area contributed by atoms with Crippen molar-refractivity contribution in [3.63, 3.8) is 0 Å². The molecule has 0 aliphatic carbocycles. The van der Waals surface area contributed by atoms with E-state index in [1.54, 1.807) is 0 Å². The third-order valence-corrected chi connectivity index (χ3v) is 1.27. The molecule has 0 aliphatic heterocycles. The molecule has 2 N–H and O–H groups in total. The average molecular weight is 260 g/mol. The molecule has 0 saturated heterocycles. The van der Waals surface area contributed by atoms with Gasteiger partial charge in [-0.25, -0.2) is 8.78 Å². The summed E-state index contributed by atoms with van der Waals surface area (Å²) in [5.41, 5.74) is 0. The molecular weight excluding hydrogens is 253 g/mol. The van der Waals surface area contributed by atoms with Crippen LogP contribution >= 0.6 is 22.6 Å². The van der Waals surface area contributed by atoms with Gasteiger partial charge in [0.15, 0.2) is 0 Å². The molecule has 5 heteroatoms. The molecule has 2 nitrogen and oxygen atoms in total. The molecular formula is C5H7F2IN2. The van der Waals surface area contributed by atoms with Crippen molar-refractivity contribution >= 4 is 28.8 Å². The number of hydrogen-bond donors (Lipinski definition) is 2. The molecule has 0 fully saturated rings. The zero-order valence-electron chi connectivity index (χ0n) is 5.07. The maximum absolute atomic E-state index is 11.4. The van der Waals surface area contributed by atoms with Gasteiger partial charge in [0.1, 0.15) is 0 Å². The summed E-state index contributed by atoms with van der Waals surface area (Å²) in [5, 5.41) is 9.03. The number of halogens is 3. The van der Waals surface area contributed by atoms with E-state index in [0.717, 1.165) is 6.21 Å². The average Bonchev–Trinajstić information content (AvgIpc) is 1.87. The Morgan fingerprint density at radius 1 is 1.70 bits per heavy atom. The first-order valence-corrected chi connectivity index (χ1v) is 3.62. The van der Waals surface area contributed by atoms with Crippen molar-refractivity contribution in [1.82, 2.24) is 5.32 Å². The second-order valence-corrected chi connectivity index (χ2v) is 2.72. The van der Waals surface area contributed by atoms with Crippen LogP contribution < -0.4 is 5.32 Å². The van der Waals surface area contributed by atoms with Gasteiger partial charge in [-0.05, 0) is 22.6 Å². The normalized spacial score (nSPS) is 11.8. The van der Waals surface area contributed by atoms with E-state index in [1.165, 1.54) is 6.20 Å². The fourth-order valence-electron chi connectivity index (χ4n) is 0.287. The van der Waals surface area contributed by atoms with Gasteiger partial charge in [-0.3, -0.25) is 0 Å². The Morgan fingerprint density at radius 3 is 2.70 bits per heavy atom. The molecule has 0 bridgehead atoms. The van der Waals surface area contributed by atoms with Crippen LogP contribution in [0, 0.1) is 5.41 Å². The largest absolute Gasteiger partial charge is 0.384 e. The summed E-state index contributed by atoms with van der Waals surface area (Å²) < 4.78 is 23.5. The van der Waals surface area contributed by atoms with E-state index in [2.05, 4.69) is 5.32 Å². The van der Waals surface area contributed by atoms with E-state index in [0.29, 0.717) is 3.58 Å². The predicted molar refractivity (Wildman–Crippen MR) is 44.9 cm³/mol. The number of allylic oxidation sites excluding steroid dienone is 1. The van der Waals surface area contributed by atoms with Crippen LogP contribution in [0.2, 0.25) is 0 Å². The molecule has 0 rings (SSSR count). The minimum atomic E-state index is -2.34. The minimum absolute atomic E-state index is 0.361. The van der Waals surface area contributed by atoms with Gasteiger partial charge in [0.25, 0.3) is 6.43 Å². The minimum Gasteiger partial charge on any atom is -0.384 e. The van der Waals surface area contributed by atoms with Gasteiger partial charge in [0.2, 0.25) is 0 Å². The monoisotopic (exact) mass is 260 g/mol. The van der Waals surface area contributed by atoms with Gasteiger partial charge in [0.05, 0.1) is 6.54 Å². The highest BCUT2D eigenvalue weighted by Gasteiger charge is 1.97. The molecule has 0 aromatic carbocycles. The first-order chi connectivity index (χ1) is 4.66. The van der Waals surface area contributed by atoms with Gasteiger partial charge in [0, 0.05) is 16.0 Å². The Labute approximate surface area is 71.3 Å². The van der Waals surface area contributed by atoms with Gasteiger partial charge in [-0.15, -0.1) is 0 Å². The fourth-order valence-corrected chi connectivity index (χ4v) is 0.507. The quantitative estimate of drug-likeness (QED) is 0.586. The summed E-state index contributed by atoms with van der Waals surface area (Å²) in [6.45, 7) is -0.361. The van der Waals surface area contributed by atoms with Crippen molar-refractivity contribution in [2.75, 3.05) is 6.54 Å². The smallest absolute Gasteiger partial charge is 0.255 e. The molecule has 0 unspecified atom stereocenters. The fraction of sp³-hybridized carbons (Fsp3) is 0.400. The maximum atomic E-state index is 11.4. The van der Waals surface area contributed by atoms with E-state index >= 15 is 0 Å². The van der Waals surface area contributed by atoms with Crippen LogP contribution in [0.4, 0.5) is 8.78 Å². The Bertz CT molecular complexity index is 136. The van der Waals surface area contributed by atoms with Crippen molar-refractivity contribution in [2.24, 2.45) is 0 Å². The lowest BCUT2D eigenvalue weighted by molar-refractivity contribution is 0.150. The van der Waals surface area contributed by atoms with E-state index < -0.39 is 6.43 Å². The molecule has 10 heavy (non-hydrogen) atoms. The maximum Gasteiger partial charge on any atom is 0.255 e. The standard InChI is InChI=1S/C5H7F2IN2/c6-5(7)3-10-2-4(8)1-9/h1-2,5,9-10H,3H2/b4-2+,9-1?. The lowest BCUT2D eigenvalue weighted by atomic mass is 10.6. The Balaban J connectivity index is 3.43. The van der Waals surface area contributed by atoms with Gasteiger partial charge in [-0.2, -0.15) is 0 Å². The first-order valence-electron chi connectivity index (χ1n) is 2.54. The van der Waals surface area contributed by atoms with Crippen LogP contribution in [-0.2, 0) is 0 Å². The molecule has 0 heterocycles. The molecule has 0 radical (unpaired) electrons. The Morgan fingerprint density at radius 2 is 2.30 bits per heavy atom. The van der Waals surface area contributed by atoms with Crippen LogP contribution in [0.15, 0.2) is 9.78 Å². The van der Waals surface area contributed by atoms with Crippen molar-refractivity contribution in [3.8, 4) is 0 Å². The summed E-state index contributed by atoms with van der Waals surface area (Å²) in [6.07, 6.45) is 0.116. The lowest BCUT2D eigenvalue weighted by Crippen LogP contribution is -2.15. The van der Waals surface area contributed by atoms with Gasteiger partial charge in [-0.1, -0.05) is 0 Å². The number of rotatable bonds is 4. The highest BCUT2D eigenvalue weighted by Crippen LogP contribution is 1.98. The topological polar surface area (TPSA) is 35.9 Å². The van der Waals surface area contributed by atoms with Crippen LogP contribution in [0.25, 0.3) is 0 Å². The first kappa shape index (κ1) is 9.80. The van der Waals surface area contributed by atoms with Crippen molar-refractivity contribution in [2.45, 2.75) is 6.43 Å². The van der Waals surface area contributed by atoms with Crippen LogP contribution in [0.1, 0.15) is 0 Å². The summed E-state index contributed by atoms with van der Waals surface area (Å²) in [6, 6.07) is 0. The second-order valence-electron chi connectivity index (χ2n) is 1.47. The third kappa shape index (κ3) is 5.93. The number of nitrogens with one attached hydrogen (secondary N) is 2. The van der Waals surface area contributed by atoms with Crippen molar-refractivity contribution in [3.05, 3.63) is 9.78 Å². The van der Waals surface area contributed by atoms with Gasteiger partial charge >= 0.3 is 0 Å².